The van der Waals surface area contributed by atoms with Gasteiger partial charge in [0, 0.05) is 13.6 Å². The highest BCUT2D eigenvalue weighted by atomic mass is 32.2. The maximum absolute atomic E-state index is 12.2. The number of amides is 1. The Labute approximate surface area is 172 Å². The lowest BCUT2D eigenvalue weighted by Gasteiger charge is -2.18. The van der Waals surface area contributed by atoms with Crippen molar-refractivity contribution in [1.82, 2.24) is 5.32 Å². The Bertz CT molecular complexity index is 896. The third kappa shape index (κ3) is 6.98. The van der Waals surface area contributed by atoms with Gasteiger partial charge >= 0.3 is 0 Å². The molecule has 0 heterocycles. The van der Waals surface area contributed by atoms with E-state index in [9.17, 15) is 13.2 Å². The molecule has 29 heavy (non-hydrogen) atoms. The minimum absolute atomic E-state index is 0.197. The number of methoxy groups -OCH3 is 1. The number of nitrogens with one attached hydrogen (secondary N) is 1. The Balaban J connectivity index is 1.76. The number of carbonyl (C=O) groups excluding carboxylic acids is 1. The lowest BCUT2D eigenvalue weighted by Crippen LogP contribution is -2.36. The SMILES string of the molecule is COc1ccc(CCCNC(=O)[C@@H](C)Oc2ccc(N(C)S(C)(=O)=O)cc2)cc1. The minimum Gasteiger partial charge on any atom is -0.497 e. The number of anilines is 1. The first-order valence-corrected chi connectivity index (χ1v) is 11.2. The lowest BCUT2D eigenvalue weighted by molar-refractivity contribution is -0.127. The molecule has 1 atom stereocenters. The van der Waals surface area contributed by atoms with Crippen LogP contribution in [0.1, 0.15) is 18.9 Å². The molecule has 0 aromatic heterocycles. The molecule has 2 aromatic carbocycles. The van der Waals surface area contributed by atoms with Crippen LogP contribution in [0.3, 0.4) is 0 Å². The van der Waals surface area contributed by atoms with Gasteiger partial charge in [-0.15, -0.1) is 0 Å². The Morgan fingerprint density at radius 2 is 1.66 bits per heavy atom. The predicted molar refractivity (Wildman–Crippen MR) is 114 cm³/mol. The number of rotatable bonds is 10. The highest BCUT2D eigenvalue weighted by Gasteiger charge is 2.15. The first kappa shape index (κ1) is 22.5. The second-order valence-electron chi connectivity index (χ2n) is 6.73. The maximum atomic E-state index is 12.2. The average molecular weight is 421 g/mol. The van der Waals surface area contributed by atoms with Gasteiger partial charge in [0.15, 0.2) is 6.10 Å². The molecule has 0 aliphatic carbocycles. The summed E-state index contributed by atoms with van der Waals surface area (Å²) in [7, 11) is -0.205. The molecule has 0 fully saturated rings. The molecule has 0 aliphatic rings. The van der Waals surface area contributed by atoms with E-state index in [-0.39, 0.29) is 5.91 Å². The van der Waals surface area contributed by atoms with E-state index >= 15 is 0 Å². The molecule has 2 aromatic rings. The van der Waals surface area contributed by atoms with Crippen molar-refractivity contribution in [3.8, 4) is 11.5 Å². The molecule has 8 heteroatoms. The van der Waals surface area contributed by atoms with Crippen LogP contribution in [0.2, 0.25) is 0 Å². The number of carbonyl (C=O) groups is 1. The van der Waals surface area contributed by atoms with E-state index < -0.39 is 16.1 Å². The normalized spacial score (nSPS) is 12.1. The summed E-state index contributed by atoms with van der Waals surface area (Å²) in [5.74, 6) is 1.12. The molecule has 2 rings (SSSR count). The van der Waals surface area contributed by atoms with Gasteiger partial charge in [-0.1, -0.05) is 12.1 Å². The molecular weight excluding hydrogens is 392 g/mol. The molecule has 1 amide bonds. The van der Waals surface area contributed by atoms with Gasteiger partial charge in [0.05, 0.1) is 19.1 Å². The summed E-state index contributed by atoms with van der Waals surface area (Å²) >= 11 is 0. The standard InChI is InChI=1S/C21H28N2O5S/c1-16(28-20-13-9-18(10-14-20)23(2)29(4,25)26)21(24)22-15-5-6-17-7-11-19(27-3)12-8-17/h7-14,16H,5-6,15H2,1-4H3,(H,22,24)/t16-/m1/s1. The first-order chi connectivity index (χ1) is 13.7. The van der Waals surface area contributed by atoms with Crippen molar-refractivity contribution >= 4 is 21.6 Å². The summed E-state index contributed by atoms with van der Waals surface area (Å²) in [5, 5.41) is 2.87. The van der Waals surface area contributed by atoms with Crippen LogP contribution in [0, 0.1) is 0 Å². The maximum Gasteiger partial charge on any atom is 0.260 e. The van der Waals surface area contributed by atoms with Crippen LogP contribution in [-0.2, 0) is 21.2 Å². The summed E-state index contributed by atoms with van der Waals surface area (Å²) < 4.78 is 35.1. The van der Waals surface area contributed by atoms with E-state index in [1.54, 1.807) is 38.3 Å². The van der Waals surface area contributed by atoms with Crippen molar-refractivity contribution in [2.45, 2.75) is 25.9 Å². The number of benzene rings is 2. The van der Waals surface area contributed by atoms with Crippen LogP contribution >= 0.6 is 0 Å². The molecule has 1 N–H and O–H groups in total. The van der Waals surface area contributed by atoms with Crippen molar-refractivity contribution in [3.63, 3.8) is 0 Å². The Morgan fingerprint density at radius 1 is 1.07 bits per heavy atom. The van der Waals surface area contributed by atoms with Crippen molar-refractivity contribution in [1.29, 1.82) is 0 Å². The number of hydrogen-bond acceptors (Lipinski definition) is 5. The van der Waals surface area contributed by atoms with E-state index in [2.05, 4.69) is 5.32 Å². The second kappa shape index (κ2) is 10.2. The van der Waals surface area contributed by atoms with E-state index in [0.717, 1.165) is 24.8 Å². The largest absolute Gasteiger partial charge is 0.497 e. The molecule has 0 saturated carbocycles. The molecule has 0 spiro atoms. The van der Waals surface area contributed by atoms with Gasteiger partial charge in [0.2, 0.25) is 10.0 Å². The number of nitrogens with zero attached hydrogens (tertiary/aromatic N) is 1. The fourth-order valence-corrected chi connectivity index (χ4v) is 3.13. The van der Waals surface area contributed by atoms with Crippen LogP contribution in [0.15, 0.2) is 48.5 Å². The van der Waals surface area contributed by atoms with Crippen molar-refractivity contribution in [2.75, 3.05) is 31.3 Å². The van der Waals surface area contributed by atoms with E-state index in [1.165, 1.54) is 16.9 Å². The summed E-state index contributed by atoms with van der Waals surface area (Å²) in [6.07, 6.45) is 2.15. The van der Waals surface area contributed by atoms with Crippen LogP contribution in [-0.4, -0.2) is 47.4 Å². The second-order valence-corrected chi connectivity index (χ2v) is 8.74. The average Bonchev–Trinajstić information content (AvgIpc) is 2.70. The summed E-state index contributed by atoms with van der Waals surface area (Å²) in [6, 6.07) is 14.4. The van der Waals surface area contributed by atoms with E-state index in [1.807, 2.05) is 24.3 Å². The van der Waals surface area contributed by atoms with Crippen LogP contribution in [0.4, 0.5) is 5.69 Å². The molecule has 0 saturated heterocycles. The minimum atomic E-state index is -3.32. The molecule has 0 unspecified atom stereocenters. The first-order valence-electron chi connectivity index (χ1n) is 9.32. The third-order valence-corrected chi connectivity index (χ3v) is 5.69. The highest BCUT2D eigenvalue weighted by molar-refractivity contribution is 7.92. The highest BCUT2D eigenvalue weighted by Crippen LogP contribution is 2.21. The predicted octanol–water partition coefficient (Wildman–Crippen LogP) is 2.61. The van der Waals surface area contributed by atoms with Gasteiger partial charge < -0.3 is 14.8 Å². The molecule has 0 radical (unpaired) electrons. The lowest BCUT2D eigenvalue weighted by atomic mass is 10.1. The quantitative estimate of drug-likeness (QED) is 0.597. The van der Waals surface area contributed by atoms with Crippen LogP contribution in [0.5, 0.6) is 11.5 Å². The van der Waals surface area contributed by atoms with Crippen LogP contribution < -0.4 is 19.1 Å². The van der Waals surface area contributed by atoms with Gasteiger partial charge in [-0.25, -0.2) is 8.42 Å². The summed E-state index contributed by atoms with van der Waals surface area (Å²) in [6.45, 7) is 2.23. The summed E-state index contributed by atoms with van der Waals surface area (Å²) in [4.78, 5) is 12.2. The van der Waals surface area contributed by atoms with Crippen molar-refractivity contribution in [2.24, 2.45) is 0 Å². The molecule has 0 aliphatic heterocycles. The monoisotopic (exact) mass is 420 g/mol. The molecular formula is C21H28N2O5S. The van der Waals surface area contributed by atoms with Gasteiger partial charge in [0.25, 0.3) is 5.91 Å². The van der Waals surface area contributed by atoms with Crippen LogP contribution in [0.25, 0.3) is 0 Å². The number of sulfonamides is 1. The number of ether oxygens (including phenoxy) is 2. The fourth-order valence-electron chi connectivity index (χ4n) is 2.62. The Kier molecular flexibility index (Phi) is 7.90. The zero-order valence-electron chi connectivity index (χ0n) is 17.2. The number of hydrogen-bond donors (Lipinski definition) is 1. The fraction of sp³-hybridized carbons (Fsp3) is 0.381. The molecule has 0 bridgehead atoms. The smallest absolute Gasteiger partial charge is 0.260 e. The third-order valence-electron chi connectivity index (χ3n) is 4.48. The zero-order valence-corrected chi connectivity index (χ0v) is 18.0. The Hall–Kier alpha value is -2.74. The van der Waals surface area contributed by atoms with Gasteiger partial charge in [-0.2, -0.15) is 0 Å². The molecule has 158 valence electrons. The van der Waals surface area contributed by atoms with Crippen molar-refractivity contribution < 1.29 is 22.7 Å². The molecule has 7 nitrogen and oxygen atoms in total. The summed E-state index contributed by atoms with van der Waals surface area (Å²) in [5.41, 5.74) is 1.71. The topological polar surface area (TPSA) is 84.9 Å². The van der Waals surface area contributed by atoms with Gasteiger partial charge in [-0.3, -0.25) is 9.10 Å². The van der Waals surface area contributed by atoms with E-state index in [4.69, 9.17) is 9.47 Å². The van der Waals surface area contributed by atoms with Gasteiger partial charge in [-0.05, 0) is 61.7 Å². The van der Waals surface area contributed by atoms with Crippen molar-refractivity contribution in [3.05, 3.63) is 54.1 Å². The Morgan fingerprint density at radius 3 is 2.21 bits per heavy atom. The zero-order chi connectivity index (χ0) is 21.4. The number of aryl methyl sites for hydroxylation is 1. The van der Waals surface area contributed by atoms with Gasteiger partial charge in [0.1, 0.15) is 11.5 Å². The van der Waals surface area contributed by atoms with E-state index in [0.29, 0.717) is 18.0 Å².